The number of hydrogen-bond acceptors (Lipinski definition) is 6. The first-order valence-corrected chi connectivity index (χ1v) is 9.63. The van der Waals surface area contributed by atoms with Crippen molar-refractivity contribution < 1.29 is 23.9 Å². The van der Waals surface area contributed by atoms with Gasteiger partial charge in [0.1, 0.15) is 0 Å². The second-order valence-electron chi connectivity index (χ2n) is 5.92. The zero-order chi connectivity index (χ0) is 19.8. The van der Waals surface area contributed by atoms with Crippen molar-refractivity contribution >= 4 is 58.0 Å². The fourth-order valence-corrected chi connectivity index (χ4v) is 3.86. The molecule has 2 aromatic carbocycles. The topological polar surface area (TPSA) is 72.9 Å². The van der Waals surface area contributed by atoms with E-state index in [9.17, 15) is 14.4 Å². The summed E-state index contributed by atoms with van der Waals surface area (Å²) in [5, 5.41) is 0.329. The molecule has 0 aromatic heterocycles. The zero-order valence-corrected chi connectivity index (χ0v) is 16.4. The van der Waals surface area contributed by atoms with E-state index in [0.717, 1.165) is 16.7 Å². The van der Waals surface area contributed by atoms with Crippen LogP contribution in [0.25, 0.3) is 6.08 Å². The lowest BCUT2D eigenvalue weighted by atomic mass is 10.1. The first-order chi connectivity index (χ1) is 13.4. The lowest BCUT2D eigenvalue weighted by Gasteiger charge is -2.11. The van der Waals surface area contributed by atoms with E-state index in [4.69, 9.17) is 32.7 Å². The Morgan fingerprint density at radius 1 is 1.11 bits per heavy atom. The predicted molar refractivity (Wildman–Crippen MR) is 106 cm³/mol. The monoisotopic (exact) mass is 435 g/mol. The van der Waals surface area contributed by atoms with Crippen molar-refractivity contribution in [2.75, 3.05) is 13.3 Å². The largest absolute Gasteiger partial charge is 0.454 e. The zero-order valence-electron chi connectivity index (χ0n) is 14.1. The van der Waals surface area contributed by atoms with Crippen molar-refractivity contribution in [3.05, 3.63) is 62.5 Å². The van der Waals surface area contributed by atoms with Gasteiger partial charge in [-0.2, -0.15) is 0 Å². The van der Waals surface area contributed by atoms with Crippen LogP contribution >= 0.6 is 35.0 Å². The van der Waals surface area contributed by atoms with Gasteiger partial charge in [0.2, 0.25) is 6.79 Å². The Morgan fingerprint density at radius 2 is 1.79 bits per heavy atom. The number of ketones is 1. The molecule has 0 aliphatic carbocycles. The van der Waals surface area contributed by atoms with Crippen molar-refractivity contribution in [2.24, 2.45) is 0 Å². The Kier molecular flexibility index (Phi) is 5.05. The highest BCUT2D eigenvalue weighted by Crippen LogP contribution is 2.39. The third-order valence-corrected chi connectivity index (χ3v) is 5.61. The van der Waals surface area contributed by atoms with Crippen LogP contribution in [-0.2, 0) is 4.79 Å². The SMILES string of the molecule is O=C(CN1C(=O)S/C(=C\c2cc3c(cc2Cl)OCO3)C1=O)c1ccc(Cl)cc1. The molecule has 28 heavy (non-hydrogen) atoms. The van der Waals surface area contributed by atoms with E-state index in [2.05, 4.69) is 0 Å². The molecule has 0 radical (unpaired) electrons. The maximum Gasteiger partial charge on any atom is 0.293 e. The minimum absolute atomic E-state index is 0.0957. The highest BCUT2D eigenvalue weighted by atomic mass is 35.5. The summed E-state index contributed by atoms with van der Waals surface area (Å²) >= 11 is 12.8. The van der Waals surface area contributed by atoms with Crippen molar-refractivity contribution in [2.45, 2.75) is 0 Å². The van der Waals surface area contributed by atoms with Crippen molar-refractivity contribution in [1.82, 2.24) is 4.90 Å². The fraction of sp³-hybridized carbons (Fsp3) is 0.105. The van der Waals surface area contributed by atoms with E-state index >= 15 is 0 Å². The smallest absolute Gasteiger partial charge is 0.293 e. The van der Waals surface area contributed by atoms with E-state index in [1.807, 2.05) is 0 Å². The molecule has 142 valence electrons. The van der Waals surface area contributed by atoms with E-state index in [1.165, 1.54) is 6.08 Å². The highest BCUT2D eigenvalue weighted by Gasteiger charge is 2.36. The standard InChI is InChI=1S/C19H11Cl2NO5S/c20-12-3-1-10(2-4-12)14(23)8-22-18(24)17(28-19(22)25)6-11-5-15-16(7-13(11)21)27-9-26-15/h1-7H,8-9H2/b17-6-. The van der Waals surface area contributed by atoms with E-state index < -0.39 is 11.1 Å². The van der Waals surface area contributed by atoms with Gasteiger partial charge in [-0.1, -0.05) is 23.2 Å². The molecular weight excluding hydrogens is 425 g/mol. The minimum atomic E-state index is -0.550. The molecule has 4 rings (SSSR count). The number of Topliss-reactive ketones (excluding diaryl/α,β-unsaturated/α-hetero) is 1. The number of fused-ring (bicyclic) bond motifs is 1. The Hall–Kier alpha value is -2.48. The quantitative estimate of drug-likeness (QED) is 0.514. The van der Waals surface area contributed by atoms with Crippen LogP contribution in [0.1, 0.15) is 15.9 Å². The number of halogens is 2. The number of carbonyl (C=O) groups is 3. The number of nitrogens with zero attached hydrogens (tertiary/aromatic N) is 1. The van der Waals surface area contributed by atoms with Gasteiger partial charge in [0.15, 0.2) is 17.3 Å². The van der Waals surface area contributed by atoms with E-state index in [1.54, 1.807) is 36.4 Å². The number of benzene rings is 2. The first kappa shape index (κ1) is 18.9. The van der Waals surface area contributed by atoms with Gasteiger partial charge in [-0.25, -0.2) is 0 Å². The molecule has 0 atom stereocenters. The summed E-state index contributed by atoms with van der Waals surface area (Å²) in [6.45, 7) is -0.253. The first-order valence-electron chi connectivity index (χ1n) is 8.05. The van der Waals surface area contributed by atoms with Crippen LogP contribution in [0, 0.1) is 0 Å². The van der Waals surface area contributed by atoms with Crippen LogP contribution in [0.5, 0.6) is 11.5 Å². The lowest BCUT2D eigenvalue weighted by molar-refractivity contribution is -0.122. The van der Waals surface area contributed by atoms with Gasteiger partial charge in [-0.3, -0.25) is 19.3 Å². The van der Waals surface area contributed by atoms with Gasteiger partial charge in [0.25, 0.3) is 11.1 Å². The third-order valence-electron chi connectivity index (χ3n) is 4.12. The van der Waals surface area contributed by atoms with Crippen molar-refractivity contribution in [1.29, 1.82) is 0 Å². The molecule has 1 saturated heterocycles. The molecule has 2 heterocycles. The van der Waals surface area contributed by atoms with Gasteiger partial charge in [0.05, 0.1) is 16.5 Å². The van der Waals surface area contributed by atoms with Crippen molar-refractivity contribution in [3.63, 3.8) is 0 Å². The molecule has 2 aliphatic rings. The summed E-state index contributed by atoms with van der Waals surface area (Å²) in [5.74, 6) is 0.115. The van der Waals surface area contributed by atoms with Gasteiger partial charge >= 0.3 is 0 Å². The van der Waals surface area contributed by atoms with Crippen LogP contribution in [0.3, 0.4) is 0 Å². The number of carbonyl (C=O) groups excluding carboxylic acids is 3. The van der Waals surface area contributed by atoms with Gasteiger partial charge in [-0.15, -0.1) is 0 Å². The molecule has 9 heteroatoms. The molecule has 2 aliphatic heterocycles. The van der Waals surface area contributed by atoms with Crippen LogP contribution < -0.4 is 9.47 Å². The molecule has 0 saturated carbocycles. The Morgan fingerprint density at radius 3 is 2.50 bits per heavy atom. The van der Waals surface area contributed by atoms with Gasteiger partial charge < -0.3 is 9.47 Å². The molecule has 2 aromatic rings. The normalized spacial score (nSPS) is 16.9. The average Bonchev–Trinajstić information content (AvgIpc) is 3.22. The fourth-order valence-electron chi connectivity index (χ4n) is 2.69. The average molecular weight is 436 g/mol. The number of rotatable bonds is 4. The molecule has 0 spiro atoms. The molecule has 2 amide bonds. The minimum Gasteiger partial charge on any atom is -0.454 e. The lowest BCUT2D eigenvalue weighted by Crippen LogP contribution is -2.33. The molecule has 0 unspecified atom stereocenters. The Bertz CT molecular complexity index is 1040. The van der Waals surface area contributed by atoms with Gasteiger partial charge in [0, 0.05) is 16.7 Å². The second-order valence-corrected chi connectivity index (χ2v) is 7.76. The summed E-state index contributed by atoms with van der Waals surface area (Å²) in [6, 6.07) is 9.47. The Balaban J connectivity index is 1.55. The Labute approximate surface area is 174 Å². The molecule has 0 bridgehead atoms. The van der Waals surface area contributed by atoms with Crippen molar-refractivity contribution in [3.8, 4) is 11.5 Å². The second kappa shape index (κ2) is 7.50. The maximum absolute atomic E-state index is 12.6. The maximum atomic E-state index is 12.6. The molecular formula is C19H11Cl2NO5S. The van der Waals surface area contributed by atoms with Crippen LogP contribution in [-0.4, -0.2) is 35.2 Å². The van der Waals surface area contributed by atoms with E-state index in [0.29, 0.717) is 32.7 Å². The van der Waals surface area contributed by atoms with Gasteiger partial charge in [-0.05, 0) is 53.7 Å². The number of ether oxygens (including phenoxy) is 2. The summed E-state index contributed by atoms with van der Waals surface area (Å²) in [5.41, 5.74) is 0.881. The summed E-state index contributed by atoms with van der Waals surface area (Å²) < 4.78 is 10.5. The highest BCUT2D eigenvalue weighted by molar-refractivity contribution is 8.18. The van der Waals surface area contributed by atoms with Crippen LogP contribution in [0.4, 0.5) is 4.79 Å². The predicted octanol–water partition coefficient (Wildman–Crippen LogP) is 4.64. The summed E-state index contributed by atoms with van der Waals surface area (Å²) in [7, 11) is 0. The summed E-state index contributed by atoms with van der Waals surface area (Å²) in [6.07, 6.45) is 1.50. The molecule has 1 fully saturated rings. The third kappa shape index (κ3) is 3.61. The van der Waals surface area contributed by atoms with E-state index in [-0.39, 0.29) is 24.0 Å². The molecule has 6 nitrogen and oxygen atoms in total. The molecule has 0 N–H and O–H groups in total. The number of hydrogen-bond donors (Lipinski definition) is 0. The number of amides is 2. The van der Waals surface area contributed by atoms with Crippen LogP contribution in [0.2, 0.25) is 10.0 Å². The van der Waals surface area contributed by atoms with Crippen LogP contribution in [0.15, 0.2) is 41.3 Å². The number of thioether (sulfide) groups is 1. The number of imide groups is 1. The summed E-state index contributed by atoms with van der Waals surface area (Å²) in [4.78, 5) is 38.4.